The number of nitrogens with zero attached hydrogens (tertiary/aromatic N) is 1. The van der Waals surface area contributed by atoms with Crippen molar-refractivity contribution in [3.05, 3.63) is 88.9 Å². The number of H-pyrrole nitrogens is 1. The molecule has 0 atom stereocenters. The van der Waals surface area contributed by atoms with Crippen LogP contribution in [0.3, 0.4) is 0 Å². The molecule has 0 aliphatic carbocycles. The summed E-state index contributed by atoms with van der Waals surface area (Å²) in [6.45, 7) is 0. The lowest BCUT2D eigenvalue weighted by Gasteiger charge is -2.14. The monoisotopic (exact) mass is 388 g/mol. The van der Waals surface area contributed by atoms with Crippen LogP contribution in [0.1, 0.15) is 0 Å². The van der Waals surface area contributed by atoms with Crippen LogP contribution in [0.4, 0.5) is 0 Å². The molecule has 0 bridgehead atoms. The highest BCUT2D eigenvalue weighted by Gasteiger charge is 2.17. The molecule has 0 unspecified atom stereocenters. The molecule has 0 radical (unpaired) electrons. The summed E-state index contributed by atoms with van der Waals surface area (Å²) in [6, 6.07) is 26.0. The van der Waals surface area contributed by atoms with Gasteiger partial charge in [0, 0.05) is 26.7 Å². The van der Waals surface area contributed by atoms with E-state index in [4.69, 9.17) is 28.2 Å². The summed E-state index contributed by atoms with van der Waals surface area (Å²) < 4.78 is 0. The molecule has 0 saturated carbocycles. The normalized spacial score (nSPS) is 11.3. The van der Waals surface area contributed by atoms with Gasteiger partial charge in [0.15, 0.2) is 0 Å². The van der Waals surface area contributed by atoms with Gasteiger partial charge in [-0.25, -0.2) is 4.98 Å². The van der Waals surface area contributed by atoms with Gasteiger partial charge in [0.2, 0.25) is 0 Å². The van der Waals surface area contributed by atoms with E-state index in [9.17, 15) is 0 Å². The number of hydrogen-bond acceptors (Lipinski definition) is 1. The second-order valence-corrected chi connectivity index (χ2v) is 7.28. The minimum atomic E-state index is 0.692. The molecule has 5 aromatic rings. The maximum Gasteiger partial charge on any atom is 0.139 e. The van der Waals surface area contributed by atoms with Crippen LogP contribution in [-0.2, 0) is 0 Å². The Balaban J connectivity index is 1.89. The maximum atomic E-state index is 6.57. The number of para-hydroxylation sites is 2. The van der Waals surface area contributed by atoms with Crippen LogP contribution in [0.2, 0.25) is 10.0 Å². The Kier molecular flexibility index (Phi) is 3.89. The maximum absolute atomic E-state index is 6.57. The van der Waals surface area contributed by atoms with Gasteiger partial charge < -0.3 is 4.98 Å². The molecule has 0 spiro atoms. The summed E-state index contributed by atoms with van der Waals surface area (Å²) in [5.74, 6) is 0.813. The molecule has 130 valence electrons. The zero-order valence-corrected chi connectivity index (χ0v) is 15.7. The third kappa shape index (κ3) is 2.78. The summed E-state index contributed by atoms with van der Waals surface area (Å²) in [7, 11) is 0. The Morgan fingerprint density at radius 3 is 2.37 bits per heavy atom. The lowest BCUT2D eigenvalue weighted by atomic mass is 9.93. The Morgan fingerprint density at radius 1 is 0.741 bits per heavy atom. The summed E-state index contributed by atoms with van der Waals surface area (Å²) in [4.78, 5) is 8.23. The lowest BCUT2D eigenvalue weighted by Crippen LogP contribution is -1.90. The van der Waals surface area contributed by atoms with Crippen molar-refractivity contribution >= 4 is 45.0 Å². The Hall–Kier alpha value is -2.81. The molecule has 1 aromatic heterocycles. The Morgan fingerprint density at radius 2 is 1.52 bits per heavy atom. The van der Waals surface area contributed by atoms with Gasteiger partial charge in [0.05, 0.1) is 11.0 Å². The van der Waals surface area contributed by atoms with Crippen molar-refractivity contribution in [2.24, 2.45) is 0 Å². The van der Waals surface area contributed by atoms with Gasteiger partial charge in [-0.3, -0.25) is 0 Å². The fourth-order valence-corrected chi connectivity index (χ4v) is 3.93. The molecule has 1 heterocycles. The van der Waals surface area contributed by atoms with Crippen LogP contribution in [0, 0.1) is 0 Å². The molecule has 5 rings (SSSR count). The third-order valence-electron chi connectivity index (χ3n) is 4.77. The van der Waals surface area contributed by atoms with Crippen LogP contribution < -0.4 is 0 Å². The number of fused-ring (bicyclic) bond motifs is 2. The average Bonchev–Trinajstić information content (AvgIpc) is 3.11. The van der Waals surface area contributed by atoms with Crippen LogP contribution in [-0.4, -0.2) is 9.97 Å². The second kappa shape index (κ2) is 6.41. The van der Waals surface area contributed by atoms with Gasteiger partial charge in [0.25, 0.3) is 0 Å². The molecular weight excluding hydrogens is 375 g/mol. The number of aromatic nitrogens is 2. The van der Waals surface area contributed by atoms with Crippen molar-refractivity contribution in [1.82, 2.24) is 9.97 Å². The molecule has 0 aliphatic rings. The second-order valence-electron chi connectivity index (χ2n) is 6.44. The van der Waals surface area contributed by atoms with Crippen molar-refractivity contribution in [1.29, 1.82) is 0 Å². The third-order valence-corrected chi connectivity index (χ3v) is 5.34. The minimum absolute atomic E-state index is 0.692. The summed E-state index contributed by atoms with van der Waals surface area (Å²) in [5, 5.41) is 3.54. The number of imidazole rings is 1. The number of halogens is 2. The molecule has 0 amide bonds. The SMILES string of the molecule is Clc1ccc2ccc(-c3nc4ccccc4[nH]3)c(-c3ccccc3Cl)c2c1. The molecule has 2 nitrogen and oxygen atoms in total. The summed E-state index contributed by atoms with van der Waals surface area (Å²) in [5.41, 5.74) is 4.92. The van der Waals surface area contributed by atoms with Crippen LogP contribution in [0.5, 0.6) is 0 Å². The van der Waals surface area contributed by atoms with E-state index < -0.39 is 0 Å². The number of hydrogen-bond donors (Lipinski definition) is 1. The van der Waals surface area contributed by atoms with E-state index in [1.165, 1.54) is 0 Å². The van der Waals surface area contributed by atoms with Crippen LogP contribution >= 0.6 is 23.2 Å². The zero-order valence-electron chi connectivity index (χ0n) is 14.2. The van der Waals surface area contributed by atoms with Gasteiger partial charge in [-0.2, -0.15) is 0 Å². The van der Waals surface area contributed by atoms with Gasteiger partial charge in [-0.1, -0.05) is 65.7 Å². The van der Waals surface area contributed by atoms with E-state index in [-0.39, 0.29) is 0 Å². The molecule has 4 aromatic carbocycles. The first kappa shape index (κ1) is 16.4. The van der Waals surface area contributed by atoms with E-state index >= 15 is 0 Å². The first-order chi connectivity index (χ1) is 13.2. The predicted octanol–water partition coefficient (Wildman–Crippen LogP) is 7.36. The van der Waals surface area contributed by atoms with Gasteiger partial charge in [0.1, 0.15) is 5.82 Å². The predicted molar refractivity (Wildman–Crippen MR) is 114 cm³/mol. The molecule has 0 aliphatic heterocycles. The van der Waals surface area contributed by atoms with Crippen molar-refractivity contribution in [3.63, 3.8) is 0 Å². The highest BCUT2D eigenvalue weighted by atomic mass is 35.5. The van der Waals surface area contributed by atoms with Crippen molar-refractivity contribution in [2.75, 3.05) is 0 Å². The molecule has 27 heavy (non-hydrogen) atoms. The number of rotatable bonds is 2. The van der Waals surface area contributed by atoms with E-state index in [1.807, 2.05) is 66.7 Å². The van der Waals surface area contributed by atoms with E-state index in [2.05, 4.69) is 17.1 Å². The highest BCUT2D eigenvalue weighted by Crippen LogP contribution is 2.41. The topological polar surface area (TPSA) is 28.7 Å². The van der Waals surface area contributed by atoms with Crippen molar-refractivity contribution < 1.29 is 0 Å². The highest BCUT2D eigenvalue weighted by molar-refractivity contribution is 6.34. The minimum Gasteiger partial charge on any atom is -0.338 e. The van der Waals surface area contributed by atoms with Crippen molar-refractivity contribution in [2.45, 2.75) is 0 Å². The standard InChI is InChI=1S/C23H14Cl2N2/c24-15-11-9-14-10-12-17(23-26-20-7-3-4-8-21(20)27-23)22(18(14)13-15)16-5-1-2-6-19(16)25/h1-13H,(H,26,27). The first-order valence-electron chi connectivity index (χ1n) is 8.63. The Bertz CT molecular complexity index is 1270. The average molecular weight is 389 g/mol. The molecule has 0 fully saturated rings. The lowest BCUT2D eigenvalue weighted by molar-refractivity contribution is 1.34. The molecule has 0 saturated heterocycles. The molecule has 1 N–H and O–H groups in total. The molecular formula is C23H14Cl2N2. The van der Waals surface area contributed by atoms with Gasteiger partial charge in [-0.05, 0) is 47.2 Å². The van der Waals surface area contributed by atoms with Gasteiger partial charge in [-0.15, -0.1) is 0 Å². The number of nitrogens with one attached hydrogen (secondary N) is 1. The zero-order chi connectivity index (χ0) is 18.4. The number of aromatic amines is 1. The largest absolute Gasteiger partial charge is 0.338 e. The van der Waals surface area contributed by atoms with E-state index in [0.29, 0.717) is 10.0 Å². The van der Waals surface area contributed by atoms with Crippen LogP contribution in [0.15, 0.2) is 78.9 Å². The summed E-state index contributed by atoms with van der Waals surface area (Å²) >= 11 is 12.9. The van der Waals surface area contributed by atoms with Gasteiger partial charge >= 0.3 is 0 Å². The summed E-state index contributed by atoms with van der Waals surface area (Å²) in [6.07, 6.45) is 0. The number of benzene rings is 4. The van der Waals surface area contributed by atoms with Crippen LogP contribution in [0.25, 0.3) is 44.3 Å². The smallest absolute Gasteiger partial charge is 0.139 e. The fourth-order valence-electron chi connectivity index (χ4n) is 3.52. The van der Waals surface area contributed by atoms with Crippen molar-refractivity contribution in [3.8, 4) is 22.5 Å². The van der Waals surface area contributed by atoms with E-state index in [1.54, 1.807) is 0 Å². The molecule has 4 heteroatoms. The first-order valence-corrected chi connectivity index (χ1v) is 9.38. The van der Waals surface area contributed by atoms with E-state index in [0.717, 1.165) is 44.3 Å². The fraction of sp³-hybridized carbons (Fsp3) is 0. The Labute approximate surface area is 166 Å². The quantitative estimate of drug-likeness (QED) is 0.336.